The first-order chi connectivity index (χ1) is 11.4. The van der Waals surface area contributed by atoms with Gasteiger partial charge in [-0.3, -0.25) is 4.79 Å². The number of hydrogen-bond donors (Lipinski definition) is 2. The number of phenolic OH excluding ortho intramolecular Hbond substituents is 1. The summed E-state index contributed by atoms with van der Waals surface area (Å²) in [4.78, 5) is 15.5. The fraction of sp³-hybridized carbons (Fsp3) is 0.211. The van der Waals surface area contributed by atoms with E-state index in [0.717, 1.165) is 22.1 Å². The molecule has 0 aliphatic heterocycles. The summed E-state index contributed by atoms with van der Waals surface area (Å²) in [5.74, 6) is 1.36. The number of fused-ring (bicyclic) bond motifs is 1. The average molecular weight is 325 g/mol. The highest BCUT2D eigenvalue weighted by atomic mass is 16.5. The van der Waals surface area contributed by atoms with Gasteiger partial charge in [-0.15, -0.1) is 0 Å². The number of rotatable bonds is 3. The quantitative estimate of drug-likeness (QED) is 0.773. The monoisotopic (exact) mass is 325 g/mol. The Kier molecular flexibility index (Phi) is 3.93. The molecule has 124 valence electrons. The minimum atomic E-state index is -0.231. The van der Waals surface area contributed by atoms with Crippen LogP contribution in [0.3, 0.4) is 0 Å². The molecule has 5 nitrogen and oxygen atoms in total. The number of nitrogens with one attached hydrogen (secondary N) is 1. The van der Waals surface area contributed by atoms with Crippen molar-refractivity contribution in [2.24, 2.45) is 0 Å². The van der Waals surface area contributed by atoms with Crippen molar-refractivity contribution in [1.29, 1.82) is 0 Å². The van der Waals surface area contributed by atoms with Crippen molar-refractivity contribution in [2.75, 3.05) is 14.2 Å². The van der Waals surface area contributed by atoms with Gasteiger partial charge in [-0.2, -0.15) is 0 Å². The van der Waals surface area contributed by atoms with E-state index in [0.29, 0.717) is 22.6 Å². The second kappa shape index (κ2) is 5.92. The van der Waals surface area contributed by atoms with E-state index < -0.39 is 0 Å². The van der Waals surface area contributed by atoms with Gasteiger partial charge in [0.15, 0.2) is 0 Å². The van der Waals surface area contributed by atoms with E-state index >= 15 is 0 Å². The number of aromatic hydroxyl groups is 1. The molecule has 0 amide bonds. The van der Waals surface area contributed by atoms with Crippen molar-refractivity contribution in [2.45, 2.75) is 13.8 Å². The largest absolute Gasteiger partial charge is 0.507 e. The smallest absolute Gasteiger partial charge is 0.260 e. The number of H-pyrrole nitrogens is 1. The SMILES string of the molecule is COc1cc(OC)c2c(=O)[nH]c(-c3cc(C)c(O)c(C)c3)cc2c1. The van der Waals surface area contributed by atoms with E-state index in [9.17, 15) is 9.90 Å². The third-order valence-corrected chi connectivity index (χ3v) is 4.14. The highest BCUT2D eigenvalue weighted by Crippen LogP contribution is 2.32. The lowest BCUT2D eigenvalue weighted by Crippen LogP contribution is -2.09. The lowest BCUT2D eigenvalue weighted by atomic mass is 10.0. The molecule has 2 N–H and O–H groups in total. The summed E-state index contributed by atoms with van der Waals surface area (Å²) < 4.78 is 10.6. The van der Waals surface area contributed by atoms with Crippen LogP contribution < -0.4 is 15.0 Å². The molecular weight excluding hydrogens is 306 g/mol. The summed E-state index contributed by atoms with van der Waals surface area (Å²) in [6.45, 7) is 3.66. The number of phenols is 1. The van der Waals surface area contributed by atoms with Gasteiger partial charge in [0.1, 0.15) is 17.2 Å². The first kappa shape index (κ1) is 15.9. The Morgan fingerprint density at radius 1 is 0.958 bits per heavy atom. The number of aromatic nitrogens is 1. The van der Waals surface area contributed by atoms with Crippen molar-refractivity contribution in [3.63, 3.8) is 0 Å². The summed E-state index contributed by atoms with van der Waals surface area (Å²) in [5.41, 5.74) is 2.80. The second-order valence-corrected chi connectivity index (χ2v) is 5.76. The van der Waals surface area contributed by atoms with E-state index in [4.69, 9.17) is 9.47 Å². The first-order valence-electron chi connectivity index (χ1n) is 7.54. The number of benzene rings is 2. The summed E-state index contributed by atoms with van der Waals surface area (Å²) >= 11 is 0. The molecule has 3 rings (SSSR count). The second-order valence-electron chi connectivity index (χ2n) is 5.76. The van der Waals surface area contributed by atoms with Crippen LogP contribution >= 0.6 is 0 Å². The molecule has 0 saturated carbocycles. The molecule has 3 aromatic rings. The molecule has 5 heteroatoms. The maximum atomic E-state index is 12.6. The molecular formula is C19H19NO4. The molecule has 24 heavy (non-hydrogen) atoms. The van der Waals surface area contributed by atoms with Crippen LogP contribution in [-0.4, -0.2) is 24.3 Å². The maximum absolute atomic E-state index is 12.6. The molecule has 1 aromatic heterocycles. The molecule has 0 aliphatic rings. The van der Waals surface area contributed by atoms with Crippen LogP contribution in [0.2, 0.25) is 0 Å². The van der Waals surface area contributed by atoms with Crippen LogP contribution in [0.25, 0.3) is 22.0 Å². The van der Waals surface area contributed by atoms with Gasteiger partial charge < -0.3 is 19.6 Å². The summed E-state index contributed by atoms with van der Waals surface area (Å²) in [6.07, 6.45) is 0. The van der Waals surface area contributed by atoms with Gasteiger partial charge in [0, 0.05) is 11.8 Å². The lowest BCUT2D eigenvalue weighted by Gasteiger charge is -2.11. The molecule has 0 spiro atoms. The van der Waals surface area contributed by atoms with Crippen molar-refractivity contribution < 1.29 is 14.6 Å². The first-order valence-corrected chi connectivity index (χ1v) is 7.54. The fourth-order valence-electron chi connectivity index (χ4n) is 2.89. The van der Waals surface area contributed by atoms with Crippen LogP contribution in [0.15, 0.2) is 35.1 Å². The summed E-state index contributed by atoms with van der Waals surface area (Å²) in [5, 5.41) is 11.1. The lowest BCUT2D eigenvalue weighted by molar-refractivity contribution is 0.398. The Balaban J connectivity index is 2.30. The van der Waals surface area contributed by atoms with Gasteiger partial charge in [0.2, 0.25) is 0 Å². The Labute approximate surface area is 139 Å². The van der Waals surface area contributed by atoms with Gasteiger partial charge in [-0.05, 0) is 60.2 Å². The van der Waals surface area contributed by atoms with Crippen LogP contribution in [0.1, 0.15) is 11.1 Å². The molecule has 0 radical (unpaired) electrons. The summed E-state index contributed by atoms with van der Waals surface area (Å²) in [6, 6.07) is 9.06. The number of aryl methyl sites for hydroxylation is 2. The van der Waals surface area contributed by atoms with Crippen LogP contribution in [0, 0.1) is 13.8 Å². The molecule has 0 unspecified atom stereocenters. The van der Waals surface area contributed by atoms with Crippen LogP contribution in [0.4, 0.5) is 0 Å². The van der Waals surface area contributed by atoms with Crippen molar-refractivity contribution in [3.05, 3.63) is 51.8 Å². The normalized spacial score (nSPS) is 10.8. The van der Waals surface area contributed by atoms with Gasteiger partial charge >= 0.3 is 0 Å². The zero-order valence-corrected chi connectivity index (χ0v) is 14.1. The van der Waals surface area contributed by atoms with E-state index in [2.05, 4.69) is 4.98 Å². The molecule has 0 saturated heterocycles. The minimum Gasteiger partial charge on any atom is -0.507 e. The zero-order valence-electron chi connectivity index (χ0n) is 14.1. The van der Waals surface area contributed by atoms with Crippen LogP contribution in [-0.2, 0) is 0 Å². The molecule has 0 aliphatic carbocycles. The van der Waals surface area contributed by atoms with Crippen molar-refractivity contribution in [3.8, 4) is 28.5 Å². The molecule has 0 bridgehead atoms. The minimum absolute atomic E-state index is 0.231. The predicted molar refractivity (Wildman–Crippen MR) is 94.2 cm³/mol. The van der Waals surface area contributed by atoms with Gasteiger partial charge in [-0.1, -0.05) is 0 Å². The summed E-state index contributed by atoms with van der Waals surface area (Å²) in [7, 11) is 3.09. The van der Waals surface area contributed by atoms with Crippen LogP contribution in [0.5, 0.6) is 17.2 Å². The Hall–Kier alpha value is -2.95. The van der Waals surface area contributed by atoms with Gasteiger partial charge in [-0.25, -0.2) is 0 Å². The van der Waals surface area contributed by atoms with Gasteiger partial charge in [0.25, 0.3) is 5.56 Å². The number of aromatic amines is 1. The van der Waals surface area contributed by atoms with E-state index in [1.165, 1.54) is 7.11 Å². The maximum Gasteiger partial charge on any atom is 0.260 e. The Morgan fingerprint density at radius 2 is 1.62 bits per heavy atom. The van der Waals surface area contributed by atoms with Gasteiger partial charge in [0.05, 0.1) is 19.6 Å². The topological polar surface area (TPSA) is 71.5 Å². The molecule has 0 fully saturated rings. The van der Waals surface area contributed by atoms with E-state index in [1.807, 2.05) is 32.0 Å². The third kappa shape index (κ3) is 2.58. The molecule has 0 atom stereocenters. The van der Waals surface area contributed by atoms with Crippen molar-refractivity contribution in [1.82, 2.24) is 4.98 Å². The highest BCUT2D eigenvalue weighted by molar-refractivity contribution is 5.91. The van der Waals surface area contributed by atoms with E-state index in [-0.39, 0.29) is 11.3 Å². The number of ether oxygens (including phenoxy) is 2. The number of methoxy groups -OCH3 is 2. The number of pyridine rings is 1. The standard InChI is InChI=1S/C19H19NO4/c1-10-5-12(6-11(2)18(10)21)15-8-13-7-14(23-3)9-16(24-4)17(13)19(22)20-15/h5-9,21H,1-4H3,(H,20,22). The Bertz CT molecular complexity index is 966. The molecule has 1 heterocycles. The van der Waals surface area contributed by atoms with E-state index in [1.54, 1.807) is 19.2 Å². The molecule has 2 aromatic carbocycles. The highest BCUT2D eigenvalue weighted by Gasteiger charge is 2.13. The third-order valence-electron chi connectivity index (χ3n) is 4.14. The number of hydrogen-bond acceptors (Lipinski definition) is 4. The fourth-order valence-corrected chi connectivity index (χ4v) is 2.89. The average Bonchev–Trinajstić information content (AvgIpc) is 2.57. The zero-order chi connectivity index (χ0) is 17.4. The predicted octanol–water partition coefficient (Wildman–Crippen LogP) is 3.53. The van der Waals surface area contributed by atoms with Crippen molar-refractivity contribution >= 4 is 10.8 Å². The Morgan fingerprint density at radius 3 is 2.21 bits per heavy atom.